The molecule has 116 valence electrons. The Bertz CT molecular complexity index is 544. The number of benzene rings is 1. The molecule has 0 atom stereocenters. The molecule has 0 aromatic heterocycles. The lowest BCUT2D eigenvalue weighted by Gasteiger charge is -2.13. The average Bonchev–Trinajstić information content (AvgIpc) is 2.45. The first-order valence-corrected chi connectivity index (χ1v) is 5.54. The number of alkyl halides is 3. The van der Waals surface area contributed by atoms with E-state index in [1.54, 1.807) is 0 Å². The van der Waals surface area contributed by atoms with Gasteiger partial charge < -0.3 is 14.2 Å². The van der Waals surface area contributed by atoms with E-state index in [-0.39, 0.29) is 11.5 Å². The smallest absolute Gasteiger partial charge is 0.473 e. The lowest BCUT2D eigenvalue weighted by molar-refractivity contribution is -0.173. The molecule has 1 rings (SSSR count). The average molecular weight is 306 g/mol. The van der Waals surface area contributed by atoms with Gasteiger partial charge in [-0.25, -0.2) is 5.43 Å². The van der Waals surface area contributed by atoms with E-state index in [1.165, 1.54) is 38.9 Å². The molecule has 9 heteroatoms. The summed E-state index contributed by atoms with van der Waals surface area (Å²) in [5.41, 5.74) is 1.67. The van der Waals surface area contributed by atoms with Crippen molar-refractivity contribution in [2.75, 3.05) is 21.3 Å². The summed E-state index contributed by atoms with van der Waals surface area (Å²) in [5, 5.41) is 3.23. The highest BCUT2D eigenvalue weighted by Crippen LogP contribution is 2.38. The van der Waals surface area contributed by atoms with Crippen molar-refractivity contribution >= 4 is 12.1 Å². The van der Waals surface area contributed by atoms with Crippen LogP contribution < -0.4 is 19.6 Å². The molecule has 0 unspecified atom stereocenters. The van der Waals surface area contributed by atoms with Gasteiger partial charge in [0.05, 0.1) is 27.5 Å². The van der Waals surface area contributed by atoms with Gasteiger partial charge >= 0.3 is 12.1 Å². The standard InChI is InChI=1S/C12H13F3N2O4/c1-19-8-5-4-7(9(20-2)10(8)21-3)6-16-17-11(18)12(13,14)15/h4-6H,1-3H3,(H,17,18)/b16-6-. The molecule has 1 amide bonds. The van der Waals surface area contributed by atoms with Gasteiger partial charge in [0, 0.05) is 5.56 Å². The molecule has 0 saturated heterocycles. The van der Waals surface area contributed by atoms with Crippen LogP contribution in [0.25, 0.3) is 0 Å². The molecule has 0 fully saturated rings. The van der Waals surface area contributed by atoms with Crippen molar-refractivity contribution in [3.05, 3.63) is 17.7 Å². The second kappa shape index (κ2) is 6.82. The first-order chi connectivity index (χ1) is 9.85. The number of hydrogen-bond donors (Lipinski definition) is 1. The fourth-order valence-corrected chi connectivity index (χ4v) is 1.45. The van der Waals surface area contributed by atoms with Crippen LogP contribution in [0.1, 0.15) is 5.56 Å². The van der Waals surface area contributed by atoms with E-state index >= 15 is 0 Å². The van der Waals surface area contributed by atoms with Gasteiger partial charge in [-0.05, 0) is 12.1 Å². The molecule has 6 nitrogen and oxygen atoms in total. The fraction of sp³-hybridized carbons (Fsp3) is 0.333. The van der Waals surface area contributed by atoms with Crippen molar-refractivity contribution in [1.82, 2.24) is 5.43 Å². The Balaban J connectivity index is 3.01. The van der Waals surface area contributed by atoms with Crippen molar-refractivity contribution in [1.29, 1.82) is 0 Å². The number of halogens is 3. The first-order valence-electron chi connectivity index (χ1n) is 5.54. The highest BCUT2D eigenvalue weighted by atomic mass is 19.4. The van der Waals surface area contributed by atoms with E-state index in [0.717, 1.165) is 6.21 Å². The van der Waals surface area contributed by atoms with E-state index < -0.39 is 12.1 Å². The third-order valence-corrected chi connectivity index (χ3v) is 2.36. The highest BCUT2D eigenvalue weighted by molar-refractivity contribution is 5.88. The Hall–Kier alpha value is -2.45. The lowest BCUT2D eigenvalue weighted by Crippen LogP contribution is -2.33. The molecule has 0 aliphatic rings. The minimum atomic E-state index is -5.00. The molecule has 0 spiro atoms. The van der Waals surface area contributed by atoms with Crippen LogP contribution in [0.5, 0.6) is 17.2 Å². The number of hydrazone groups is 1. The van der Waals surface area contributed by atoms with E-state index in [1.807, 2.05) is 0 Å². The van der Waals surface area contributed by atoms with Crippen LogP contribution in [0.2, 0.25) is 0 Å². The summed E-state index contributed by atoms with van der Waals surface area (Å²) < 4.78 is 51.2. The van der Waals surface area contributed by atoms with Crippen LogP contribution in [0.3, 0.4) is 0 Å². The number of nitrogens with zero attached hydrogens (tertiary/aromatic N) is 1. The van der Waals surface area contributed by atoms with Crippen molar-refractivity contribution < 1.29 is 32.2 Å². The quantitative estimate of drug-likeness (QED) is 0.664. The second-order valence-corrected chi connectivity index (χ2v) is 3.62. The topological polar surface area (TPSA) is 69.2 Å². The number of hydrogen-bond acceptors (Lipinski definition) is 5. The minimum absolute atomic E-state index is 0.210. The number of rotatable bonds is 5. The van der Waals surface area contributed by atoms with Gasteiger partial charge in [-0.2, -0.15) is 18.3 Å². The summed E-state index contributed by atoms with van der Waals surface area (Å²) in [6.45, 7) is 0. The summed E-state index contributed by atoms with van der Waals surface area (Å²) >= 11 is 0. The SMILES string of the molecule is COc1ccc(/C=N\NC(=O)C(F)(F)F)c(OC)c1OC. The van der Waals surface area contributed by atoms with E-state index in [9.17, 15) is 18.0 Å². The predicted octanol–water partition coefficient (Wildman–Crippen LogP) is 1.72. The number of amides is 1. The molecular formula is C12H13F3N2O4. The number of carbonyl (C=O) groups is 1. The Labute approximate surface area is 118 Å². The lowest BCUT2D eigenvalue weighted by atomic mass is 10.2. The Morgan fingerprint density at radius 2 is 1.76 bits per heavy atom. The summed E-state index contributed by atoms with van der Waals surface area (Å²) in [6.07, 6.45) is -4.00. The first kappa shape index (κ1) is 16.6. The van der Waals surface area contributed by atoms with Crippen LogP contribution in [0.4, 0.5) is 13.2 Å². The number of ether oxygens (including phenoxy) is 3. The molecule has 0 bridgehead atoms. The van der Waals surface area contributed by atoms with Gasteiger partial charge in [-0.1, -0.05) is 0 Å². The Morgan fingerprint density at radius 1 is 1.14 bits per heavy atom. The summed E-state index contributed by atoms with van der Waals surface area (Å²) in [4.78, 5) is 10.6. The normalized spacial score (nSPS) is 11.3. The molecule has 0 radical (unpaired) electrons. The van der Waals surface area contributed by atoms with E-state index in [2.05, 4.69) is 5.10 Å². The summed E-state index contributed by atoms with van der Waals surface area (Å²) in [6, 6.07) is 3.01. The van der Waals surface area contributed by atoms with Crippen molar-refractivity contribution in [2.45, 2.75) is 6.18 Å². The molecule has 0 aliphatic carbocycles. The molecule has 1 N–H and O–H groups in total. The van der Waals surface area contributed by atoms with Crippen LogP contribution in [-0.2, 0) is 4.79 Å². The maximum Gasteiger partial charge on any atom is 0.473 e. The minimum Gasteiger partial charge on any atom is -0.493 e. The molecule has 0 aliphatic heterocycles. The molecule has 0 heterocycles. The van der Waals surface area contributed by atoms with Gasteiger partial charge in [0.15, 0.2) is 11.5 Å². The van der Waals surface area contributed by atoms with Crippen molar-refractivity contribution in [3.8, 4) is 17.2 Å². The predicted molar refractivity (Wildman–Crippen MR) is 67.9 cm³/mol. The zero-order valence-corrected chi connectivity index (χ0v) is 11.4. The molecule has 21 heavy (non-hydrogen) atoms. The van der Waals surface area contributed by atoms with Gasteiger partial charge in [-0.3, -0.25) is 4.79 Å². The van der Waals surface area contributed by atoms with Crippen LogP contribution in [0, 0.1) is 0 Å². The zero-order chi connectivity index (χ0) is 16.0. The molecule has 1 aromatic carbocycles. The molecule has 0 saturated carbocycles. The van der Waals surface area contributed by atoms with Gasteiger partial charge in [0.25, 0.3) is 0 Å². The summed E-state index contributed by atoms with van der Waals surface area (Å²) in [7, 11) is 4.16. The Kier molecular flexibility index (Phi) is 5.39. The van der Waals surface area contributed by atoms with Crippen LogP contribution in [0.15, 0.2) is 17.2 Å². The summed E-state index contributed by atoms with van der Waals surface area (Å²) in [5.74, 6) is -1.32. The van der Waals surface area contributed by atoms with Crippen LogP contribution >= 0.6 is 0 Å². The van der Waals surface area contributed by atoms with Crippen molar-refractivity contribution in [2.24, 2.45) is 5.10 Å². The number of methoxy groups -OCH3 is 3. The van der Waals surface area contributed by atoms with Gasteiger partial charge in [-0.15, -0.1) is 0 Å². The van der Waals surface area contributed by atoms with Crippen molar-refractivity contribution in [3.63, 3.8) is 0 Å². The third kappa shape index (κ3) is 4.01. The van der Waals surface area contributed by atoms with Crippen LogP contribution in [-0.4, -0.2) is 39.6 Å². The number of nitrogens with one attached hydrogen (secondary N) is 1. The van der Waals surface area contributed by atoms with Gasteiger partial charge in [0.1, 0.15) is 0 Å². The molecular weight excluding hydrogens is 293 g/mol. The maximum absolute atomic E-state index is 12.0. The van der Waals surface area contributed by atoms with E-state index in [4.69, 9.17) is 14.2 Å². The fourth-order valence-electron chi connectivity index (χ4n) is 1.45. The second-order valence-electron chi connectivity index (χ2n) is 3.62. The zero-order valence-electron chi connectivity index (χ0n) is 11.4. The van der Waals surface area contributed by atoms with Gasteiger partial charge in [0.2, 0.25) is 5.75 Å². The third-order valence-electron chi connectivity index (χ3n) is 2.36. The monoisotopic (exact) mass is 306 g/mol. The maximum atomic E-state index is 12.0. The van der Waals surface area contributed by atoms with E-state index in [0.29, 0.717) is 11.3 Å². The largest absolute Gasteiger partial charge is 0.493 e. The number of carbonyl (C=O) groups excluding carboxylic acids is 1. The Morgan fingerprint density at radius 3 is 2.24 bits per heavy atom. The highest BCUT2D eigenvalue weighted by Gasteiger charge is 2.38. The molecule has 1 aromatic rings.